The third-order valence-electron chi connectivity index (χ3n) is 6.65. The number of fused-ring (bicyclic) bond motifs is 1. The van der Waals surface area contributed by atoms with E-state index in [4.69, 9.17) is 0 Å². The van der Waals surface area contributed by atoms with Crippen LogP contribution in [0, 0.1) is 5.82 Å². The number of nitrogens with one attached hydrogen (secondary N) is 1. The maximum absolute atomic E-state index is 13.4. The highest BCUT2D eigenvalue weighted by atomic mass is 32.3. The van der Waals surface area contributed by atoms with Gasteiger partial charge in [-0.25, -0.2) is 22.2 Å². The van der Waals surface area contributed by atoms with E-state index in [1.54, 1.807) is 29.1 Å². The molecular formula is C25H25FN4O4S2. The first-order chi connectivity index (χ1) is 17.2. The summed E-state index contributed by atoms with van der Waals surface area (Å²) in [6.07, 6.45) is 2.90. The van der Waals surface area contributed by atoms with Crippen LogP contribution in [0.3, 0.4) is 0 Å². The zero-order valence-electron chi connectivity index (χ0n) is 19.1. The fourth-order valence-electron chi connectivity index (χ4n) is 4.83. The van der Waals surface area contributed by atoms with Gasteiger partial charge in [0.15, 0.2) is 0 Å². The molecule has 4 aromatic rings. The number of hydrogen-bond donors (Lipinski definition) is 3. The van der Waals surface area contributed by atoms with Crippen molar-refractivity contribution in [1.82, 2.24) is 14.5 Å². The van der Waals surface area contributed by atoms with E-state index in [2.05, 4.69) is 9.82 Å². The Balaban J connectivity index is 1.42. The number of sulfonamides is 1. The average molecular weight is 529 g/mol. The monoisotopic (exact) mass is 528 g/mol. The van der Waals surface area contributed by atoms with Crippen LogP contribution in [0.4, 0.5) is 10.1 Å². The maximum atomic E-state index is 13.4. The lowest BCUT2D eigenvalue weighted by Crippen LogP contribution is -2.42. The topological polar surface area (TPSA) is 108 Å². The van der Waals surface area contributed by atoms with Gasteiger partial charge in [0, 0.05) is 5.39 Å². The van der Waals surface area contributed by atoms with E-state index < -0.39 is 38.1 Å². The summed E-state index contributed by atoms with van der Waals surface area (Å²) in [6.45, 7) is 0. The molecule has 0 spiro atoms. The Kier molecular flexibility index (Phi) is 5.58. The van der Waals surface area contributed by atoms with Gasteiger partial charge in [-0.2, -0.15) is 5.10 Å². The Morgan fingerprint density at radius 2 is 1.67 bits per heavy atom. The van der Waals surface area contributed by atoms with Gasteiger partial charge in [0.05, 0.1) is 46.2 Å². The highest BCUT2D eigenvalue weighted by Crippen LogP contribution is 2.59. The Morgan fingerprint density at radius 1 is 0.972 bits per heavy atom. The highest BCUT2D eigenvalue weighted by molar-refractivity contribution is 8.25. The van der Waals surface area contributed by atoms with E-state index in [1.807, 2.05) is 42.5 Å². The van der Waals surface area contributed by atoms with E-state index in [0.717, 1.165) is 16.5 Å². The molecule has 3 N–H and O–H groups in total. The van der Waals surface area contributed by atoms with Crippen molar-refractivity contribution in [3.63, 3.8) is 0 Å². The second-order valence-electron chi connectivity index (χ2n) is 9.22. The zero-order valence-corrected chi connectivity index (χ0v) is 20.7. The molecule has 3 aromatic carbocycles. The molecule has 2 fully saturated rings. The van der Waals surface area contributed by atoms with Crippen molar-refractivity contribution in [1.29, 1.82) is 0 Å². The quantitative estimate of drug-likeness (QED) is 0.331. The average Bonchev–Trinajstić information content (AvgIpc) is 3.58. The largest absolute Gasteiger partial charge is 0.282 e. The summed E-state index contributed by atoms with van der Waals surface area (Å²) >= 11 is 0. The predicted octanol–water partition coefficient (Wildman–Crippen LogP) is 4.84. The normalized spacial score (nSPS) is 22.7. The van der Waals surface area contributed by atoms with Crippen molar-refractivity contribution >= 4 is 37.4 Å². The standard InChI is InChI=1S/C25H25FN4O4S2/c26-19-6-8-20(9-7-19)29-24-13-10-21(14-18(24)15-27-29)30-25(17-4-2-1-3-5-17)23(16-35(30,31)32)28-36(33,34)22-11-12-22/h1-10,13-15,22-23,25,28,31-32H,11-12,16H2/t23-,25+/m0/s1. The summed E-state index contributed by atoms with van der Waals surface area (Å²) in [6, 6.07) is 19.4. The van der Waals surface area contributed by atoms with Crippen LogP contribution in [0.25, 0.3) is 16.6 Å². The second-order valence-corrected chi connectivity index (χ2v) is 13.2. The predicted molar refractivity (Wildman–Crippen MR) is 139 cm³/mol. The molecule has 188 valence electrons. The fourth-order valence-corrected chi connectivity index (χ4v) is 8.51. The van der Waals surface area contributed by atoms with Crippen LogP contribution in [0.5, 0.6) is 0 Å². The molecule has 0 radical (unpaired) electrons. The van der Waals surface area contributed by atoms with Gasteiger partial charge in [-0.3, -0.25) is 13.4 Å². The molecule has 0 unspecified atom stereocenters. The molecule has 11 heteroatoms. The minimum absolute atomic E-state index is 0.120. The SMILES string of the molecule is O=S(=O)(N[C@H]1CS(O)(O)N(c2ccc3c(cnn3-c3ccc(F)cc3)c2)[C@@H]1c1ccccc1)C1CC1. The smallest absolute Gasteiger partial charge is 0.214 e. The molecule has 2 heterocycles. The van der Waals surface area contributed by atoms with Crippen LogP contribution >= 0.6 is 10.8 Å². The number of halogens is 1. The van der Waals surface area contributed by atoms with Crippen molar-refractivity contribution in [2.45, 2.75) is 30.2 Å². The summed E-state index contributed by atoms with van der Waals surface area (Å²) in [5, 5.41) is 4.76. The van der Waals surface area contributed by atoms with Crippen molar-refractivity contribution < 1.29 is 21.9 Å². The number of hydrogen-bond acceptors (Lipinski definition) is 6. The number of benzene rings is 3. The molecule has 0 amide bonds. The number of rotatable bonds is 6. The molecular weight excluding hydrogens is 503 g/mol. The molecule has 1 saturated carbocycles. The Bertz CT molecular complexity index is 1520. The Hall–Kier alpha value is -2.96. The molecule has 1 aliphatic carbocycles. The van der Waals surface area contributed by atoms with E-state index in [9.17, 15) is 21.9 Å². The van der Waals surface area contributed by atoms with Gasteiger partial charge in [0.1, 0.15) is 5.82 Å². The summed E-state index contributed by atoms with van der Waals surface area (Å²) in [4.78, 5) is 0. The van der Waals surface area contributed by atoms with E-state index in [1.165, 1.54) is 16.4 Å². The lowest BCUT2D eigenvalue weighted by Gasteiger charge is -2.41. The van der Waals surface area contributed by atoms with Gasteiger partial charge in [0.2, 0.25) is 10.0 Å². The molecule has 0 bridgehead atoms. The van der Waals surface area contributed by atoms with Gasteiger partial charge >= 0.3 is 0 Å². The van der Waals surface area contributed by atoms with Crippen molar-refractivity contribution in [3.8, 4) is 5.69 Å². The zero-order chi connectivity index (χ0) is 25.1. The van der Waals surface area contributed by atoms with Crippen LogP contribution in [-0.2, 0) is 10.0 Å². The van der Waals surface area contributed by atoms with Crippen LogP contribution in [0.2, 0.25) is 0 Å². The van der Waals surface area contributed by atoms with Crippen LogP contribution in [-0.4, -0.2) is 44.3 Å². The summed E-state index contributed by atoms with van der Waals surface area (Å²) in [5.74, 6) is -0.457. The van der Waals surface area contributed by atoms with Gasteiger partial charge < -0.3 is 0 Å². The van der Waals surface area contributed by atoms with Crippen molar-refractivity contribution in [2.75, 3.05) is 10.1 Å². The molecule has 8 nitrogen and oxygen atoms in total. The third kappa shape index (κ3) is 4.16. The van der Waals surface area contributed by atoms with Crippen molar-refractivity contribution in [3.05, 3.63) is 90.4 Å². The van der Waals surface area contributed by atoms with Gasteiger partial charge in [-0.15, -0.1) is 10.8 Å². The first-order valence-electron chi connectivity index (χ1n) is 11.6. The van der Waals surface area contributed by atoms with Gasteiger partial charge in [0.25, 0.3) is 0 Å². The first-order valence-corrected chi connectivity index (χ1v) is 14.8. The molecule has 6 rings (SSSR count). The number of anilines is 1. The lowest BCUT2D eigenvalue weighted by molar-refractivity contribution is 0.489. The number of aromatic nitrogens is 2. The lowest BCUT2D eigenvalue weighted by atomic mass is 10.0. The van der Waals surface area contributed by atoms with Crippen LogP contribution < -0.4 is 9.03 Å². The first kappa shape index (κ1) is 23.4. The minimum Gasteiger partial charge on any atom is -0.282 e. The van der Waals surface area contributed by atoms with Crippen molar-refractivity contribution in [2.24, 2.45) is 0 Å². The van der Waals surface area contributed by atoms with E-state index in [0.29, 0.717) is 24.2 Å². The molecule has 2 aliphatic rings. The van der Waals surface area contributed by atoms with Crippen LogP contribution in [0.1, 0.15) is 24.4 Å². The van der Waals surface area contributed by atoms with Gasteiger partial charge in [-0.1, -0.05) is 30.3 Å². The highest BCUT2D eigenvalue weighted by Gasteiger charge is 2.49. The summed E-state index contributed by atoms with van der Waals surface area (Å²) in [5.41, 5.74) is 2.79. The van der Waals surface area contributed by atoms with E-state index in [-0.39, 0.29) is 11.6 Å². The number of nitrogens with zero attached hydrogens (tertiary/aromatic N) is 3. The molecule has 1 aliphatic heterocycles. The molecule has 1 aromatic heterocycles. The third-order valence-corrected chi connectivity index (χ3v) is 10.5. The summed E-state index contributed by atoms with van der Waals surface area (Å²) < 4.78 is 67.4. The Labute approximate surface area is 209 Å². The summed E-state index contributed by atoms with van der Waals surface area (Å²) in [7, 11) is -6.90. The fraction of sp³-hybridized carbons (Fsp3) is 0.240. The van der Waals surface area contributed by atoms with E-state index >= 15 is 0 Å². The van der Waals surface area contributed by atoms with Gasteiger partial charge in [-0.05, 0) is 60.9 Å². The molecule has 1 saturated heterocycles. The molecule has 36 heavy (non-hydrogen) atoms. The maximum Gasteiger partial charge on any atom is 0.214 e. The van der Waals surface area contributed by atoms with Crippen LogP contribution in [0.15, 0.2) is 79.0 Å². The molecule has 2 atom stereocenters. The Morgan fingerprint density at radius 3 is 2.36 bits per heavy atom. The second kappa shape index (κ2) is 8.56. The minimum atomic E-state index is -3.56.